The van der Waals surface area contributed by atoms with Crippen molar-refractivity contribution in [2.24, 2.45) is 0 Å². The van der Waals surface area contributed by atoms with E-state index in [0.29, 0.717) is 23.6 Å². The zero-order valence-electron chi connectivity index (χ0n) is 17.3. The van der Waals surface area contributed by atoms with Gasteiger partial charge in [-0.2, -0.15) is 0 Å². The van der Waals surface area contributed by atoms with Crippen molar-refractivity contribution in [1.29, 1.82) is 0 Å². The largest absolute Gasteiger partial charge is 0.394 e. The highest BCUT2D eigenvalue weighted by atomic mass is 16.6. The predicted octanol–water partition coefficient (Wildman–Crippen LogP) is 2.25. The van der Waals surface area contributed by atoms with Gasteiger partial charge in [0.2, 0.25) is 0 Å². The monoisotopic (exact) mass is 407 g/mol. The van der Waals surface area contributed by atoms with Crippen LogP contribution in [0, 0.1) is 0 Å². The molecule has 1 saturated heterocycles. The van der Waals surface area contributed by atoms with E-state index in [-0.39, 0.29) is 6.61 Å². The van der Waals surface area contributed by atoms with Crippen LogP contribution in [0.15, 0.2) is 12.7 Å². The SMILES string of the molecule is CCCCCCCNc1ncnc2c1ncn2[C@@H]1O[C@H](CO)[C@H](O)C1OCCC. The molecule has 1 aliphatic heterocycles. The van der Waals surface area contributed by atoms with Crippen LogP contribution in [0.2, 0.25) is 0 Å². The molecule has 9 heteroatoms. The topological polar surface area (TPSA) is 115 Å². The number of anilines is 1. The number of imidazole rings is 1. The fraction of sp³-hybridized carbons (Fsp3) is 0.750. The quantitative estimate of drug-likeness (QED) is 0.459. The molecule has 2 aromatic rings. The molecular weight excluding hydrogens is 374 g/mol. The maximum Gasteiger partial charge on any atom is 0.167 e. The maximum atomic E-state index is 10.5. The minimum Gasteiger partial charge on any atom is -0.394 e. The van der Waals surface area contributed by atoms with Crippen molar-refractivity contribution >= 4 is 17.0 Å². The Morgan fingerprint density at radius 3 is 2.72 bits per heavy atom. The molecule has 4 atom stereocenters. The van der Waals surface area contributed by atoms with Crippen LogP contribution in [0.25, 0.3) is 11.2 Å². The predicted molar refractivity (Wildman–Crippen MR) is 110 cm³/mol. The number of hydrogen-bond acceptors (Lipinski definition) is 8. The first kappa shape index (κ1) is 21.9. The minimum absolute atomic E-state index is 0.282. The number of nitrogens with zero attached hydrogens (tertiary/aromatic N) is 4. The molecule has 3 rings (SSSR count). The van der Waals surface area contributed by atoms with Gasteiger partial charge in [0.05, 0.1) is 12.9 Å². The molecule has 3 heterocycles. The summed E-state index contributed by atoms with van der Waals surface area (Å²) in [5.74, 6) is 0.688. The number of nitrogens with one attached hydrogen (secondary N) is 1. The fourth-order valence-corrected chi connectivity index (χ4v) is 3.63. The molecule has 0 saturated carbocycles. The minimum atomic E-state index is -0.920. The lowest BCUT2D eigenvalue weighted by Gasteiger charge is -2.21. The third kappa shape index (κ3) is 5.03. The summed E-state index contributed by atoms with van der Waals surface area (Å²) in [6.45, 7) is 5.25. The molecular formula is C20H33N5O4. The number of unbranched alkanes of at least 4 members (excludes halogenated alkanes) is 4. The standard InChI is InChI=1S/C20H33N5O4/c1-3-5-6-7-8-9-21-18-15-19(23-12-22-18)25(13-24-15)20-17(28-10-4-2)16(27)14(11-26)29-20/h12-14,16-17,20,26-27H,3-11H2,1-2H3,(H,21,22,23)/t14-,16+,17?,20-/m1/s1. The van der Waals surface area contributed by atoms with Crippen LogP contribution in [0.5, 0.6) is 0 Å². The van der Waals surface area contributed by atoms with E-state index < -0.39 is 24.5 Å². The Labute approximate surface area is 171 Å². The summed E-state index contributed by atoms with van der Waals surface area (Å²) >= 11 is 0. The molecule has 0 radical (unpaired) electrons. The molecule has 0 amide bonds. The lowest BCUT2D eigenvalue weighted by molar-refractivity contribution is -0.0703. The highest BCUT2D eigenvalue weighted by molar-refractivity contribution is 5.82. The van der Waals surface area contributed by atoms with Crippen LogP contribution >= 0.6 is 0 Å². The van der Waals surface area contributed by atoms with E-state index in [1.807, 2.05) is 6.92 Å². The Bertz CT molecular complexity index is 756. The number of fused-ring (bicyclic) bond motifs is 1. The van der Waals surface area contributed by atoms with Crippen molar-refractivity contribution in [1.82, 2.24) is 19.5 Å². The molecule has 0 aliphatic carbocycles. The van der Waals surface area contributed by atoms with E-state index in [2.05, 4.69) is 27.2 Å². The maximum absolute atomic E-state index is 10.5. The molecule has 9 nitrogen and oxygen atoms in total. The first-order valence-corrected chi connectivity index (χ1v) is 10.7. The lowest BCUT2D eigenvalue weighted by atomic mass is 10.1. The molecule has 29 heavy (non-hydrogen) atoms. The van der Waals surface area contributed by atoms with Gasteiger partial charge in [-0.25, -0.2) is 15.0 Å². The van der Waals surface area contributed by atoms with Crippen molar-refractivity contribution in [2.75, 3.05) is 25.1 Å². The summed E-state index contributed by atoms with van der Waals surface area (Å²) < 4.78 is 13.5. The van der Waals surface area contributed by atoms with Crippen molar-refractivity contribution in [3.8, 4) is 0 Å². The molecule has 0 spiro atoms. The van der Waals surface area contributed by atoms with Crippen LogP contribution in [0.3, 0.4) is 0 Å². The van der Waals surface area contributed by atoms with Crippen LogP contribution in [-0.4, -0.2) is 67.8 Å². The Balaban J connectivity index is 1.74. The van der Waals surface area contributed by atoms with E-state index >= 15 is 0 Å². The smallest absolute Gasteiger partial charge is 0.167 e. The van der Waals surface area contributed by atoms with E-state index in [1.165, 1.54) is 32.0 Å². The third-order valence-corrected chi connectivity index (χ3v) is 5.21. The Morgan fingerprint density at radius 2 is 1.97 bits per heavy atom. The average molecular weight is 408 g/mol. The second kappa shape index (κ2) is 10.8. The normalized spacial score (nSPS) is 24.4. The second-order valence-electron chi connectivity index (χ2n) is 7.46. The van der Waals surface area contributed by atoms with Crippen molar-refractivity contribution in [3.63, 3.8) is 0 Å². The third-order valence-electron chi connectivity index (χ3n) is 5.21. The van der Waals surface area contributed by atoms with Gasteiger partial charge in [-0.15, -0.1) is 0 Å². The van der Waals surface area contributed by atoms with Gasteiger partial charge in [-0.05, 0) is 12.8 Å². The second-order valence-corrected chi connectivity index (χ2v) is 7.46. The van der Waals surface area contributed by atoms with Crippen molar-refractivity contribution in [3.05, 3.63) is 12.7 Å². The first-order chi connectivity index (χ1) is 14.2. The van der Waals surface area contributed by atoms with E-state index in [1.54, 1.807) is 10.9 Å². The molecule has 1 unspecified atom stereocenters. The summed E-state index contributed by atoms with van der Waals surface area (Å²) in [7, 11) is 0. The Hall–Kier alpha value is -1.81. The zero-order chi connectivity index (χ0) is 20.6. The zero-order valence-corrected chi connectivity index (χ0v) is 17.3. The Kier molecular flexibility index (Phi) is 8.17. The van der Waals surface area contributed by atoms with Gasteiger partial charge in [-0.3, -0.25) is 4.57 Å². The van der Waals surface area contributed by atoms with Crippen LogP contribution in [0.4, 0.5) is 5.82 Å². The average Bonchev–Trinajstić information content (AvgIpc) is 3.30. The van der Waals surface area contributed by atoms with Crippen molar-refractivity contribution < 1.29 is 19.7 Å². The summed E-state index contributed by atoms with van der Waals surface area (Å²) in [4.78, 5) is 13.2. The van der Waals surface area contributed by atoms with E-state index in [9.17, 15) is 10.2 Å². The van der Waals surface area contributed by atoms with Gasteiger partial charge in [-0.1, -0.05) is 39.5 Å². The Morgan fingerprint density at radius 1 is 1.14 bits per heavy atom. The van der Waals surface area contributed by atoms with Crippen LogP contribution in [-0.2, 0) is 9.47 Å². The first-order valence-electron chi connectivity index (χ1n) is 10.7. The number of ether oxygens (including phenoxy) is 2. The number of aliphatic hydroxyl groups is 2. The molecule has 2 aromatic heterocycles. The van der Waals surface area contributed by atoms with Gasteiger partial charge in [0.25, 0.3) is 0 Å². The van der Waals surface area contributed by atoms with Gasteiger partial charge < -0.3 is 25.0 Å². The summed E-state index contributed by atoms with van der Waals surface area (Å²) in [6, 6.07) is 0. The molecule has 3 N–H and O–H groups in total. The molecule has 0 bridgehead atoms. The lowest BCUT2D eigenvalue weighted by Crippen LogP contribution is -2.35. The number of aromatic nitrogens is 4. The van der Waals surface area contributed by atoms with Gasteiger partial charge in [0.1, 0.15) is 24.6 Å². The number of rotatable bonds is 12. The van der Waals surface area contributed by atoms with Crippen molar-refractivity contribution in [2.45, 2.75) is 76.9 Å². The van der Waals surface area contributed by atoms with Crippen LogP contribution < -0.4 is 5.32 Å². The van der Waals surface area contributed by atoms with Gasteiger partial charge in [0, 0.05) is 13.2 Å². The van der Waals surface area contributed by atoms with Gasteiger partial charge >= 0.3 is 0 Å². The highest BCUT2D eigenvalue weighted by Gasteiger charge is 2.45. The van der Waals surface area contributed by atoms with Crippen LogP contribution in [0.1, 0.15) is 58.6 Å². The summed E-state index contributed by atoms with van der Waals surface area (Å²) in [5, 5.41) is 23.4. The summed E-state index contributed by atoms with van der Waals surface area (Å²) in [5.41, 5.74) is 1.26. The number of aliphatic hydroxyl groups excluding tert-OH is 2. The molecule has 0 aromatic carbocycles. The highest BCUT2D eigenvalue weighted by Crippen LogP contribution is 2.34. The molecule has 1 fully saturated rings. The molecule has 1 aliphatic rings. The number of hydrogen-bond donors (Lipinski definition) is 3. The van der Waals surface area contributed by atoms with Gasteiger partial charge in [0.15, 0.2) is 23.2 Å². The van der Waals surface area contributed by atoms with E-state index in [0.717, 1.165) is 19.4 Å². The molecule has 162 valence electrons. The van der Waals surface area contributed by atoms with E-state index in [4.69, 9.17) is 9.47 Å². The summed E-state index contributed by atoms with van der Waals surface area (Å²) in [6.07, 6.45) is 7.12. The fourth-order valence-electron chi connectivity index (χ4n) is 3.63.